The van der Waals surface area contributed by atoms with Gasteiger partial charge in [0, 0.05) is 13.0 Å². The number of alkyl carbamates (subject to hydrolysis) is 1. The Labute approximate surface area is 136 Å². The van der Waals surface area contributed by atoms with Crippen molar-refractivity contribution in [3.63, 3.8) is 0 Å². The molecule has 10 nitrogen and oxygen atoms in total. The lowest BCUT2D eigenvalue weighted by Crippen LogP contribution is -2.47. The van der Waals surface area contributed by atoms with Crippen LogP contribution in [0.1, 0.15) is 6.42 Å². The molecule has 0 aromatic heterocycles. The van der Waals surface area contributed by atoms with E-state index in [1.807, 2.05) is 0 Å². The Bertz CT molecular complexity index is 603. The average molecular weight is 343 g/mol. The van der Waals surface area contributed by atoms with E-state index in [1.165, 1.54) is 14.2 Å². The molecule has 10 heteroatoms. The van der Waals surface area contributed by atoms with Crippen LogP contribution in [0, 0.1) is 11.8 Å². The molecule has 3 aliphatic rings. The standard InChI is InChI=1S/C14H17NO9/c1-15-12(18)23-11-9-6(7(4-21-11)10(16)17)3-8-14(9,24-8)5-22-13(19)20-2/h4,6,8-9,11H,3,5H2,1-2H3,(H,15,18)(H,16,17)/t6-,8+,9+,11+,14-/m1/s1. The number of carboxylic acids is 1. The van der Waals surface area contributed by atoms with Crippen LogP contribution in [0.15, 0.2) is 11.8 Å². The highest BCUT2D eigenvalue weighted by Crippen LogP contribution is 2.61. The number of aliphatic carboxylic acids is 1. The van der Waals surface area contributed by atoms with E-state index in [-0.39, 0.29) is 18.3 Å². The van der Waals surface area contributed by atoms with Crippen LogP contribution in [0.3, 0.4) is 0 Å². The van der Waals surface area contributed by atoms with E-state index in [2.05, 4.69) is 10.1 Å². The van der Waals surface area contributed by atoms with Gasteiger partial charge in [0.25, 0.3) is 6.29 Å². The first-order chi connectivity index (χ1) is 11.4. The molecule has 3 rings (SSSR count). The number of carbonyl (C=O) groups excluding carboxylic acids is 2. The molecule has 1 amide bonds. The van der Waals surface area contributed by atoms with Crippen molar-refractivity contribution >= 4 is 18.2 Å². The Morgan fingerprint density at radius 1 is 1.46 bits per heavy atom. The number of nitrogens with one attached hydrogen (secondary N) is 1. The fraction of sp³-hybridized carbons (Fsp3) is 0.643. The van der Waals surface area contributed by atoms with Crippen molar-refractivity contribution in [3.8, 4) is 0 Å². The third kappa shape index (κ3) is 2.52. The molecule has 1 saturated heterocycles. The fourth-order valence-corrected chi connectivity index (χ4v) is 3.47. The number of methoxy groups -OCH3 is 1. The number of rotatable bonds is 4. The van der Waals surface area contributed by atoms with Crippen LogP contribution in [-0.4, -0.2) is 62.1 Å². The summed E-state index contributed by atoms with van der Waals surface area (Å²) >= 11 is 0. The Hall–Kier alpha value is -2.49. The third-order valence-electron chi connectivity index (χ3n) is 4.59. The second-order valence-electron chi connectivity index (χ2n) is 5.71. The van der Waals surface area contributed by atoms with Crippen molar-refractivity contribution in [1.82, 2.24) is 5.32 Å². The van der Waals surface area contributed by atoms with Gasteiger partial charge in [0.2, 0.25) is 0 Å². The van der Waals surface area contributed by atoms with E-state index >= 15 is 0 Å². The molecular weight excluding hydrogens is 326 g/mol. The van der Waals surface area contributed by atoms with Gasteiger partial charge in [-0.05, 0) is 6.42 Å². The highest BCUT2D eigenvalue weighted by molar-refractivity contribution is 5.87. The topological polar surface area (TPSA) is 133 Å². The summed E-state index contributed by atoms with van der Waals surface area (Å²) in [6.07, 6.45) is -1.46. The molecule has 2 aliphatic heterocycles. The van der Waals surface area contributed by atoms with Gasteiger partial charge in [-0.15, -0.1) is 0 Å². The maximum Gasteiger partial charge on any atom is 0.508 e. The number of amides is 1. The maximum atomic E-state index is 11.5. The van der Waals surface area contributed by atoms with Gasteiger partial charge < -0.3 is 34.1 Å². The zero-order valence-corrected chi connectivity index (χ0v) is 13.0. The van der Waals surface area contributed by atoms with Crippen LogP contribution in [0.5, 0.6) is 0 Å². The van der Waals surface area contributed by atoms with Crippen LogP contribution >= 0.6 is 0 Å². The van der Waals surface area contributed by atoms with Crippen LogP contribution in [0.4, 0.5) is 9.59 Å². The molecule has 1 saturated carbocycles. The first-order valence-corrected chi connectivity index (χ1v) is 7.28. The van der Waals surface area contributed by atoms with E-state index in [4.69, 9.17) is 18.9 Å². The summed E-state index contributed by atoms with van der Waals surface area (Å²) in [7, 11) is 2.57. The van der Waals surface area contributed by atoms with Crippen LogP contribution < -0.4 is 5.32 Å². The minimum absolute atomic E-state index is 0.0741. The van der Waals surface area contributed by atoms with Crippen molar-refractivity contribution < 1.29 is 43.2 Å². The van der Waals surface area contributed by atoms with Gasteiger partial charge >= 0.3 is 18.2 Å². The molecule has 0 unspecified atom stereocenters. The van der Waals surface area contributed by atoms with Gasteiger partial charge in [-0.1, -0.05) is 0 Å². The molecule has 0 aromatic rings. The molecular formula is C14H17NO9. The van der Waals surface area contributed by atoms with Gasteiger partial charge in [-0.3, -0.25) is 0 Å². The Kier molecular flexibility index (Phi) is 3.99. The molecule has 24 heavy (non-hydrogen) atoms. The summed E-state index contributed by atoms with van der Waals surface area (Å²) in [5.41, 5.74) is -0.878. The summed E-state index contributed by atoms with van der Waals surface area (Å²) < 4.78 is 25.5. The molecule has 0 bridgehead atoms. The quantitative estimate of drug-likeness (QED) is 0.543. The van der Waals surface area contributed by atoms with Gasteiger partial charge in [-0.25, -0.2) is 14.4 Å². The number of carbonyl (C=O) groups is 3. The van der Waals surface area contributed by atoms with E-state index < -0.39 is 41.9 Å². The summed E-state index contributed by atoms with van der Waals surface area (Å²) in [5.74, 6) is -2.17. The van der Waals surface area contributed by atoms with Crippen molar-refractivity contribution in [2.75, 3.05) is 20.8 Å². The zero-order chi connectivity index (χ0) is 17.5. The first-order valence-electron chi connectivity index (χ1n) is 7.28. The highest BCUT2D eigenvalue weighted by atomic mass is 16.7. The van der Waals surface area contributed by atoms with Crippen molar-refractivity contribution in [2.24, 2.45) is 11.8 Å². The lowest BCUT2D eigenvalue weighted by molar-refractivity contribution is -0.153. The second kappa shape index (κ2) is 5.86. The summed E-state index contributed by atoms with van der Waals surface area (Å²) in [6.45, 7) is -0.143. The van der Waals surface area contributed by atoms with E-state index in [9.17, 15) is 19.5 Å². The predicted molar refractivity (Wildman–Crippen MR) is 73.7 cm³/mol. The second-order valence-corrected chi connectivity index (χ2v) is 5.71. The number of epoxide rings is 1. The minimum atomic E-state index is -1.12. The highest BCUT2D eigenvalue weighted by Gasteiger charge is 2.74. The molecule has 0 aromatic carbocycles. The average Bonchev–Trinajstić information content (AvgIpc) is 3.16. The smallest absolute Gasteiger partial charge is 0.478 e. The van der Waals surface area contributed by atoms with E-state index in [0.717, 1.165) is 6.26 Å². The third-order valence-corrected chi connectivity index (χ3v) is 4.59. The largest absolute Gasteiger partial charge is 0.508 e. The van der Waals surface area contributed by atoms with Gasteiger partial charge in [-0.2, -0.15) is 0 Å². The van der Waals surface area contributed by atoms with Crippen molar-refractivity contribution in [3.05, 3.63) is 11.8 Å². The number of hydrogen-bond acceptors (Lipinski definition) is 8. The minimum Gasteiger partial charge on any atom is -0.478 e. The van der Waals surface area contributed by atoms with E-state index in [0.29, 0.717) is 6.42 Å². The molecule has 2 fully saturated rings. The fourth-order valence-electron chi connectivity index (χ4n) is 3.47. The van der Waals surface area contributed by atoms with Crippen LogP contribution in [-0.2, 0) is 28.5 Å². The van der Waals surface area contributed by atoms with Gasteiger partial charge in [0.1, 0.15) is 12.2 Å². The van der Waals surface area contributed by atoms with Crippen molar-refractivity contribution in [2.45, 2.75) is 24.4 Å². The molecule has 5 atom stereocenters. The number of hydrogen-bond donors (Lipinski definition) is 2. The summed E-state index contributed by atoms with van der Waals surface area (Å²) in [4.78, 5) is 34.2. The molecule has 2 heterocycles. The Morgan fingerprint density at radius 2 is 2.21 bits per heavy atom. The molecule has 0 spiro atoms. The zero-order valence-electron chi connectivity index (χ0n) is 13.0. The summed E-state index contributed by atoms with van der Waals surface area (Å²) in [6, 6.07) is 0. The molecule has 0 radical (unpaired) electrons. The van der Waals surface area contributed by atoms with E-state index in [1.54, 1.807) is 0 Å². The van der Waals surface area contributed by atoms with Crippen LogP contribution in [0.2, 0.25) is 0 Å². The van der Waals surface area contributed by atoms with Crippen LogP contribution in [0.25, 0.3) is 0 Å². The number of ether oxygens (including phenoxy) is 5. The molecule has 1 aliphatic carbocycles. The van der Waals surface area contributed by atoms with Crippen molar-refractivity contribution in [1.29, 1.82) is 0 Å². The number of carboxylic acid groups (broad SMARTS) is 1. The van der Waals surface area contributed by atoms with Gasteiger partial charge in [0.15, 0.2) is 0 Å². The SMILES string of the molecule is CNC(=O)O[C@@H]1OC=C(C(=O)O)[C@H]2C[C@@H]3O[C@@]3(COC(=O)OC)[C@H]12. The number of fused-ring (bicyclic) bond motifs is 3. The lowest BCUT2D eigenvalue weighted by Gasteiger charge is -2.36. The molecule has 2 N–H and O–H groups in total. The Balaban J connectivity index is 1.83. The maximum absolute atomic E-state index is 11.5. The normalized spacial score (nSPS) is 35.5. The Morgan fingerprint density at radius 3 is 2.83 bits per heavy atom. The molecule has 132 valence electrons. The lowest BCUT2D eigenvalue weighted by atomic mass is 9.81. The predicted octanol–water partition coefficient (Wildman–Crippen LogP) is 0.224. The van der Waals surface area contributed by atoms with Gasteiger partial charge in [0.05, 0.1) is 31.0 Å². The summed E-state index contributed by atoms with van der Waals surface area (Å²) in [5, 5.41) is 11.6. The first kappa shape index (κ1) is 16.4. The monoisotopic (exact) mass is 343 g/mol.